The molecule has 0 bridgehead atoms. The number of aromatic amines is 1. The molecule has 6 nitrogen and oxygen atoms in total. The van der Waals surface area contributed by atoms with Gasteiger partial charge in [-0.05, 0) is 31.9 Å². The molecule has 4 rings (SSSR count). The highest BCUT2D eigenvalue weighted by Crippen LogP contribution is 2.45. The van der Waals surface area contributed by atoms with Crippen LogP contribution in [-0.2, 0) is 17.9 Å². The monoisotopic (exact) mass is 389 g/mol. The molecule has 1 saturated carbocycles. The van der Waals surface area contributed by atoms with Crippen LogP contribution in [0.5, 0.6) is 5.75 Å². The number of aromatic nitrogens is 2. The SMILES string of the molecule is Cc1cc(COc2cc3[nH]c(CNC(=O)C4(C)CC4)cc3cc2C(F)F)no1. The molecule has 1 aliphatic carbocycles. The van der Waals surface area contributed by atoms with E-state index < -0.39 is 6.43 Å². The highest BCUT2D eigenvalue weighted by atomic mass is 19.3. The second kappa shape index (κ2) is 6.92. The molecule has 3 aromatic rings. The maximum Gasteiger partial charge on any atom is 0.267 e. The molecule has 1 aromatic carbocycles. The first-order chi connectivity index (χ1) is 13.3. The van der Waals surface area contributed by atoms with E-state index in [1.54, 1.807) is 25.1 Å². The summed E-state index contributed by atoms with van der Waals surface area (Å²) in [7, 11) is 0. The average Bonchev–Trinajstić information content (AvgIpc) is 3.09. The second-order valence-corrected chi connectivity index (χ2v) is 7.53. The zero-order valence-electron chi connectivity index (χ0n) is 15.6. The first-order valence-electron chi connectivity index (χ1n) is 9.11. The van der Waals surface area contributed by atoms with Crippen molar-refractivity contribution in [1.29, 1.82) is 0 Å². The molecule has 1 amide bonds. The van der Waals surface area contributed by atoms with Gasteiger partial charge < -0.3 is 19.6 Å². The van der Waals surface area contributed by atoms with Crippen LogP contribution in [0.4, 0.5) is 8.78 Å². The van der Waals surface area contributed by atoms with E-state index in [4.69, 9.17) is 9.26 Å². The summed E-state index contributed by atoms with van der Waals surface area (Å²) in [6.07, 6.45) is -0.879. The van der Waals surface area contributed by atoms with E-state index in [0.717, 1.165) is 18.5 Å². The summed E-state index contributed by atoms with van der Waals surface area (Å²) in [6, 6.07) is 6.42. The van der Waals surface area contributed by atoms with Gasteiger partial charge >= 0.3 is 0 Å². The zero-order valence-corrected chi connectivity index (χ0v) is 15.6. The van der Waals surface area contributed by atoms with Gasteiger partial charge in [-0.25, -0.2) is 8.78 Å². The Morgan fingerprint density at radius 2 is 2.14 bits per heavy atom. The quantitative estimate of drug-likeness (QED) is 0.628. The number of amides is 1. The van der Waals surface area contributed by atoms with E-state index in [1.165, 1.54) is 6.07 Å². The molecule has 1 aliphatic rings. The molecule has 8 heteroatoms. The van der Waals surface area contributed by atoms with Crippen LogP contribution in [0.3, 0.4) is 0 Å². The number of hydrogen-bond acceptors (Lipinski definition) is 4. The van der Waals surface area contributed by atoms with Crippen molar-refractivity contribution >= 4 is 16.8 Å². The molecule has 0 unspecified atom stereocenters. The van der Waals surface area contributed by atoms with Crippen molar-refractivity contribution in [2.45, 2.75) is 46.3 Å². The smallest absolute Gasteiger partial charge is 0.267 e. The van der Waals surface area contributed by atoms with Crippen LogP contribution in [0.15, 0.2) is 28.8 Å². The third-order valence-corrected chi connectivity index (χ3v) is 5.08. The van der Waals surface area contributed by atoms with E-state index in [0.29, 0.717) is 28.9 Å². The molecule has 1 fully saturated rings. The fraction of sp³-hybridized carbons (Fsp3) is 0.400. The lowest BCUT2D eigenvalue weighted by atomic mass is 10.1. The average molecular weight is 389 g/mol. The zero-order chi connectivity index (χ0) is 19.9. The molecule has 0 saturated heterocycles. The summed E-state index contributed by atoms with van der Waals surface area (Å²) in [5, 5.41) is 7.34. The lowest BCUT2D eigenvalue weighted by molar-refractivity contribution is -0.125. The Labute approximate surface area is 160 Å². The van der Waals surface area contributed by atoms with Gasteiger partial charge in [-0.15, -0.1) is 0 Å². The Morgan fingerprint density at radius 3 is 2.79 bits per heavy atom. The Hall–Kier alpha value is -2.90. The summed E-state index contributed by atoms with van der Waals surface area (Å²) in [4.78, 5) is 15.2. The summed E-state index contributed by atoms with van der Waals surface area (Å²) < 4.78 is 37.5. The number of carbonyl (C=O) groups excluding carboxylic acids is 1. The first kappa shape index (κ1) is 18.5. The number of carbonyl (C=O) groups is 1. The molecule has 0 radical (unpaired) electrons. The molecule has 148 valence electrons. The van der Waals surface area contributed by atoms with Crippen molar-refractivity contribution in [3.63, 3.8) is 0 Å². The van der Waals surface area contributed by atoms with Gasteiger partial charge in [0.25, 0.3) is 6.43 Å². The van der Waals surface area contributed by atoms with Crippen LogP contribution in [0.25, 0.3) is 10.9 Å². The van der Waals surface area contributed by atoms with Gasteiger partial charge in [0.05, 0.1) is 12.1 Å². The number of alkyl halides is 2. The van der Waals surface area contributed by atoms with E-state index in [1.807, 2.05) is 6.92 Å². The maximum atomic E-state index is 13.5. The molecule has 2 N–H and O–H groups in total. The number of nitrogens with zero attached hydrogens (tertiary/aromatic N) is 1. The van der Waals surface area contributed by atoms with Crippen molar-refractivity contribution in [2.75, 3.05) is 0 Å². The lowest BCUT2D eigenvalue weighted by Crippen LogP contribution is -2.29. The third-order valence-electron chi connectivity index (χ3n) is 5.08. The Kier molecular flexibility index (Phi) is 4.56. The van der Waals surface area contributed by atoms with Crippen molar-refractivity contribution in [2.24, 2.45) is 5.41 Å². The minimum atomic E-state index is -2.67. The highest BCUT2D eigenvalue weighted by molar-refractivity contribution is 5.85. The number of hydrogen-bond donors (Lipinski definition) is 2. The van der Waals surface area contributed by atoms with Gasteiger partial charge in [-0.3, -0.25) is 4.79 Å². The second-order valence-electron chi connectivity index (χ2n) is 7.53. The predicted octanol–water partition coefficient (Wildman–Crippen LogP) is 4.40. The molecule has 2 heterocycles. The number of benzene rings is 1. The van der Waals surface area contributed by atoms with Crippen LogP contribution >= 0.6 is 0 Å². The molecular formula is C20H21F2N3O3. The first-order valence-corrected chi connectivity index (χ1v) is 9.11. The van der Waals surface area contributed by atoms with Crippen LogP contribution in [0.1, 0.15) is 48.9 Å². The topological polar surface area (TPSA) is 80.1 Å². The van der Waals surface area contributed by atoms with E-state index in [-0.39, 0.29) is 29.2 Å². The van der Waals surface area contributed by atoms with Crippen LogP contribution in [-0.4, -0.2) is 16.0 Å². The van der Waals surface area contributed by atoms with E-state index in [9.17, 15) is 13.6 Å². The van der Waals surface area contributed by atoms with Crippen LogP contribution < -0.4 is 10.1 Å². The summed E-state index contributed by atoms with van der Waals surface area (Å²) in [5.41, 5.74) is 1.50. The van der Waals surface area contributed by atoms with Gasteiger partial charge in [0.1, 0.15) is 23.8 Å². The molecule has 28 heavy (non-hydrogen) atoms. The Morgan fingerprint density at radius 1 is 1.36 bits per heavy atom. The number of rotatable bonds is 7. The lowest BCUT2D eigenvalue weighted by Gasteiger charge is -2.10. The van der Waals surface area contributed by atoms with E-state index in [2.05, 4.69) is 15.5 Å². The number of aryl methyl sites for hydroxylation is 1. The van der Waals surface area contributed by atoms with Crippen LogP contribution in [0.2, 0.25) is 0 Å². The molecule has 0 atom stereocenters. The van der Waals surface area contributed by atoms with Crippen molar-refractivity contribution in [1.82, 2.24) is 15.5 Å². The molecular weight excluding hydrogens is 368 g/mol. The van der Waals surface area contributed by atoms with Gasteiger partial charge in [-0.1, -0.05) is 12.1 Å². The molecule has 0 aliphatic heterocycles. The molecule has 2 aromatic heterocycles. The number of nitrogens with one attached hydrogen (secondary N) is 2. The number of halogens is 2. The third kappa shape index (κ3) is 3.72. The standard InChI is InChI=1S/C20H21F2N3O3/c1-11-5-14(25-28-11)10-27-17-8-16-12(7-15(17)18(21)22)6-13(24-16)9-23-19(26)20(2)3-4-20/h5-8,18,24H,3-4,9-10H2,1-2H3,(H,23,26). The summed E-state index contributed by atoms with van der Waals surface area (Å²) in [6.45, 7) is 4.03. The van der Waals surface area contributed by atoms with Crippen molar-refractivity contribution < 1.29 is 22.8 Å². The largest absolute Gasteiger partial charge is 0.487 e. The normalized spacial score (nSPS) is 15.2. The summed E-state index contributed by atoms with van der Waals surface area (Å²) >= 11 is 0. The minimum absolute atomic E-state index is 0.0198. The van der Waals surface area contributed by atoms with Gasteiger partial charge in [-0.2, -0.15) is 0 Å². The minimum Gasteiger partial charge on any atom is -0.487 e. The summed E-state index contributed by atoms with van der Waals surface area (Å²) in [5.74, 6) is 0.733. The fourth-order valence-corrected chi connectivity index (χ4v) is 3.07. The van der Waals surface area contributed by atoms with E-state index >= 15 is 0 Å². The highest BCUT2D eigenvalue weighted by Gasteiger charge is 2.44. The fourth-order valence-electron chi connectivity index (χ4n) is 3.07. The predicted molar refractivity (Wildman–Crippen MR) is 98.0 cm³/mol. The Bertz CT molecular complexity index is 1020. The Balaban J connectivity index is 1.53. The van der Waals surface area contributed by atoms with Gasteiger partial charge in [0.15, 0.2) is 0 Å². The van der Waals surface area contributed by atoms with Gasteiger partial charge in [0, 0.05) is 34.1 Å². The maximum absolute atomic E-state index is 13.5. The number of H-pyrrole nitrogens is 1. The van der Waals surface area contributed by atoms with Crippen molar-refractivity contribution in [3.8, 4) is 5.75 Å². The number of ether oxygens (including phenoxy) is 1. The number of fused-ring (bicyclic) bond motifs is 1. The van der Waals surface area contributed by atoms with Crippen LogP contribution in [0, 0.1) is 12.3 Å². The van der Waals surface area contributed by atoms with Crippen molar-refractivity contribution in [3.05, 3.63) is 47.0 Å². The van der Waals surface area contributed by atoms with Gasteiger partial charge in [0.2, 0.25) is 5.91 Å². The molecule has 0 spiro atoms.